The summed E-state index contributed by atoms with van der Waals surface area (Å²) in [6.45, 7) is 3.64. The topological polar surface area (TPSA) is 99.5 Å². The Morgan fingerprint density at radius 2 is 1.69 bits per heavy atom. The van der Waals surface area contributed by atoms with E-state index in [1.807, 2.05) is 31.2 Å². The van der Waals surface area contributed by atoms with Gasteiger partial charge in [0.05, 0.1) is 22.4 Å². The van der Waals surface area contributed by atoms with Crippen LogP contribution in [0, 0.1) is 0 Å². The number of benzene rings is 3. The number of hydrogen-bond donors (Lipinski definition) is 3. The molecule has 0 spiro atoms. The molecule has 218 valence electrons. The number of aromatic nitrogens is 2. The van der Waals surface area contributed by atoms with Crippen LogP contribution in [0.3, 0.4) is 0 Å². The van der Waals surface area contributed by atoms with Gasteiger partial charge < -0.3 is 20.6 Å². The molecule has 3 N–H and O–H groups in total. The molecular formula is C31H30F3N5O3. The molecule has 3 aromatic carbocycles. The molecule has 1 fully saturated rings. The Labute approximate surface area is 240 Å². The number of carbonyl (C=O) groups is 2. The predicted octanol–water partition coefficient (Wildman–Crippen LogP) is 7.01. The van der Waals surface area contributed by atoms with Gasteiger partial charge >= 0.3 is 12.1 Å². The Balaban J connectivity index is 1.41. The summed E-state index contributed by atoms with van der Waals surface area (Å²) in [5.74, 6) is -1.30. The van der Waals surface area contributed by atoms with E-state index in [1.165, 1.54) is 35.1 Å². The van der Waals surface area contributed by atoms with Crippen LogP contribution < -0.4 is 15.5 Å². The number of carboxylic acid groups (broad SMARTS) is 1. The second kappa shape index (κ2) is 12.0. The zero-order chi connectivity index (χ0) is 29.9. The van der Waals surface area contributed by atoms with Gasteiger partial charge in [-0.2, -0.15) is 18.3 Å². The lowest BCUT2D eigenvalue weighted by atomic mass is 10.0. The minimum atomic E-state index is -4.49. The van der Waals surface area contributed by atoms with Gasteiger partial charge in [0.2, 0.25) is 0 Å². The van der Waals surface area contributed by atoms with Crippen molar-refractivity contribution in [3.05, 3.63) is 101 Å². The number of amides is 1. The molecule has 1 saturated heterocycles. The molecule has 0 bridgehead atoms. The molecule has 1 aliphatic rings. The van der Waals surface area contributed by atoms with Crippen molar-refractivity contribution in [1.82, 2.24) is 9.78 Å². The van der Waals surface area contributed by atoms with Crippen LogP contribution in [-0.2, 0) is 6.18 Å². The minimum absolute atomic E-state index is 0.163. The van der Waals surface area contributed by atoms with Crippen LogP contribution in [0.25, 0.3) is 5.69 Å². The summed E-state index contributed by atoms with van der Waals surface area (Å²) in [6, 6.07) is 18.1. The number of hydrogen-bond acceptors (Lipinski definition) is 5. The van der Waals surface area contributed by atoms with Crippen molar-refractivity contribution >= 4 is 29.1 Å². The summed E-state index contributed by atoms with van der Waals surface area (Å²) < 4.78 is 40.8. The number of nitrogens with zero attached hydrogens (tertiary/aromatic N) is 3. The van der Waals surface area contributed by atoms with Gasteiger partial charge in [-0.05, 0) is 80.3 Å². The van der Waals surface area contributed by atoms with E-state index in [4.69, 9.17) is 0 Å². The molecule has 8 nitrogen and oxygen atoms in total. The van der Waals surface area contributed by atoms with Crippen LogP contribution in [0.15, 0.2) is 79.0 Å². The number of aromatic carboxylic acids is 1. The van der Waals surface area contributed by atoms with Crippen molar-refractivity contribution in [3.8, 4) is 5.69 Å². The van der Waals surface area contributed by atoms with E-state index < -0.39 is 23.6 Å². The van der Waals surface area contributed by atoms with Crippen molar-refractivity contribution in [3.63, 3.8) is 0 Å². The fourth-order valence-electron chi connectivity index (χ4n) is 5.00. The van der Waals surface area contributed by atoms with Gasteiger partial charge in [-0.25, -0.2) is 9.48 Å². The van der Waals surface area contributed by atoms with Crippen LogP contribution in [-0.4, -0.2) is 39.9 Å². The molecule has 2 heterocycles. The SMILES string of the molecule is CC(Nc1ccc(N2CCCCC2)cc1C(=O)Nc1ccn(-c2cccc(C(F)(F)F)c2)n1)c1cccc(C(=O)O)c1. The van der Waals surface area contributed by atoms with Gasteiger partial charge in [0.15, 0.2) is 5.82 Å². The summed E-state index contributed by atoms with van der Waals surface area (Å²) in [4.78, 5) is 27.3. The van der Waals surface area contributed by atoms with E-state index in [9.17, 15) is 27.9 Å². The maximum atomic E-state index is 13.6. The molecule has 0 saturated carbocycles. The van der Waals surface area contributed by atoms with E-state index in [1.54, 1.807) is 12.1 Å². The molecule has 1 amide bonds. The molecule has 5 rings (SSSR count). The highest BCUT2D eigenvalue weighted by Crippen LogP contribution is 2.31. The minimum Gasteiger partial charge on any atom is -0.478 e. The maximum Gasteiger partial charge on any atom is 0.416 e. The number of carbonyl (C=O) groups excluding carboxylic acids is 1. The summed E-state index contributed by atoms with van der Waals surface area (Å²) in [7, 11) is 0. The van der Waals surface area contributed by atoms with Crippen molar-refractivity contribution in [2.75, 3.05) is 28.6 Å². The Morgan fingerprint density at radius 3 is 2.43 bits per heavy atom. The number of carboxylic acids is 1. The number of anilines is 3. The third kappa shape index (κ3) is 6.56. The lowest BCUT2D eigenvalue weighted by Crippen LogP contribution is -2.29. The zero-order valence-electron chi connectivity index (χ0n) is 22.9. The van der Waals surface area contributed by atoms with Crippen LogP contribution >= 0.6 is 0 Å². The fraction of sp³-hybridized carbons (Fsp3) is 0.258. The zero-order valence-corrected chi connectivity index (χ0v) is 22.9. The first-order valence-corrected chi connectivity index (χ1v) is 13.6. The van der Waals surface area contributed by atoms with Gasteiger partial charge in [-0.15, -0.1) is 0 Å². The van der Waals surface area contributed by atoms with Crippen molar-refractivity contribution < 1.29 is 27.9 Å². The average Bonchev–Trinajstić information content (AvgIpc) is 3.46. The van der Waals surface area contributed by atoms with Gasteiger partial charge in [-0.1, -0.05) is 18.2 Å². The van der Waals surface area contributed by atoms with Crippen LogP contribution in [0.2, 0.25) is 0 Å². The van der Waals surface area contributed by atoms with Gasteiger partial charge in [-0.3, -0.25) is 4.79 Å². The van der Waals surface area contributed by atoms with Gasteiger partial charge in [0.1, 0.15) is 0 Å². The van der Waals surface area contributed by atoms with E-state index >= 15 is 0 Å². The number of alkyl halides is 3. The van der Waals surface area contributed by atoms with Gasteiger partial charge in [0, 0.05) is 42.8 Å². The molecule has 11 heteroatoms. The van der Waals surface area contributed by atoms with Crippen molar-refractivity contribution in [1.29, 1.82) is 0 Å². The third-order valence-electron chi connectivity index (χ3n) is 7.24. The molecule has 0 radical (unpaired) electrons. The molecule has 1 unspecified atom stereocenters. The first kappa shape index (κ1) is 28.7. The fourth-order valence-corrected chi connectivity index (χ4v) is 5.00. The van der Waals surface area contributed by atoms with E-state index in [0.717, 1.165) is 55.7 Å². The van der Waals surface area contributed by atoms with E-state index in [2.05, 4.69) is 20.6 Å². The Morgan fingerprint density at radius 1 is 0.929 bits per heavy atom. The van der Waals surface area contributed by atoms with Crippen LogP contribution in [0.4, 0.5) is 30.4 Å². The third-order valence-corrected chi connectivity index (χ3v) is 7.24. The summed E-state index contributed by atoms with van der Waals surface area (Å²) in [5.41, 5.74) is 2.11. The maximum absolute atomic E-state index is 13.6. The monoisotopic (exact) mass is 577 g/mol. The highest BCUT2D eigenvalue weighted by molar-refractivity contribution is 6.08. The lowest BCUT2D eigenvalue weighted by Gasteiger charge is -2.29. The molecule has 1 atom stereocenters. The van der Waals surface area contributed by atoms with Crippen molar-refractivity contribution in [2.24, 2.45) is 0 Å². The molecule has 1 aromatic heterocycles. The first-order valence-electron chi connectivity index (χ1n) is 13.6. The normalized spacial score (nSPS) is 14.3. The lowest BCUT2D eigenvalue weighted by molar-refractivity contribution is -0.137. The number of rotatable bonds is 8. The molecular weight excluding hydrogens is 547 g/mol. The Hall–Kier alpha value is -4.80. The highest BCUT2D eigenvalue weighted by atomic mass is 19.4. The average molecular weight is 578 g/mol. The quantitative estimate of drug-likeness (QED) is 0.209. The Bertz CT molecular complexity index is 1590. The standard InChI is InChI=1S/C31H30F3N5O3/c1-20(21-7-5-8-22(17-21)30(41)42)35-27-12-11-24(38-14-3-2-4-15-38)19-26(27)29(40)36-28-13-16-39(37-28)25-10-6-9-23(18-25)31(32,33)34/h5-13,16-20,35H,2-4,14-15H2,1H3,(H,41,42)(H,36,37,40). The molecule has 4 aromatic rings. The Kier molecular flexibility index (Phi) is 8.19. The van der Waals surface area contributed by atoms with Crippen molar-refractivity contribution in [2.45, 2.75) is 38.4 Å². The summed E-state index contributed by atoms with van der Waals surface area (Å²) in [5, 5.41) is 19.8. The number of halogens is 3. The van der Waals surface area contributed by atoms with E-state index in [0.29, 0.717) is 11.3 Å². The second-order valence-electron chi connectivity index (χ2n) is 10.2. The highest BCUT2D eigenvalue weighted by Gasteiger charge is 2.30. The predicted molar refractivity (Wildman–Crippen MR) is 154 cm³/mol. The number of nitrogens with one attached hydrogen (secondary N) is 2. The molecule has 42 heavy (non-hydrogen) atoms. The smallest absolute Gasteiger partial charge is 0.416 e. The summed E-state index contributed by atoms with van der Waals surface area (Å²) in [6.07, 6.45) is 0.267. The van der Waals surface area contributed by atoms with E-state index in [-0.39, 0.29) is 23.1 Å². The molecule has 1 aliphatic heterocycles. The second-order valence-corrected chi connectivity index (χ2v) is 10.2. The summed E-state index contributed by atoms with van der Waals surface area (Å²) >= 11 is 0. The van der Waals surface area contributed by atoms with Crippen LogP contribution in [0.5, 0.6) is 0 Å². The first-order chi connectivity index (χ1) is 20.1. The van der Waals surface area contributed by atoms with Gasteiger partial charge in [0.25, 0.3) is 5.91 Å². The van der Waals surface area contributed by atoms with Crippen LogP contribution in [0.1, 0.15) is 64.1 Å². The largest absolute Gasteiger partial charge is 0.478 e. The number of piperidine rings is 1. The molecule has 0 aliphatic carbocycles.